The Balaban J connectivity index is 1.90. The molecule has 0 N–H and O–H groups in total. The number of thioether (sulfide) groups is 1. The summed E-state index contributed by atoms with van der Waals surface area (Å²) in [6, 6.07) is 19.5. The fraction of sp³-hybridized carbons (Fsp3) is 0.136. The molecule has 4 rings (SSSR count). The number of rotatable bonds is 4. The maximum Gasteiger partial charge on any atom is 0.266 e. The van der Waals surface area contributed by atoms with Crippen LogP contribution in [0.1, 0.15) is 16.8 Å². The summed E-state index contributed by atoms with van der Waals surface area (Å²) in [6.45, 7) is 4.05. The molecule has 0 saturated heterocycles. The van der Waals surface area contributed by atoms with Gasteiger partial charge in [0.15, 0.2) is 5.16 Å². The third kappa shape index (κ3) is 3.51. The van der Waals surface area contributed by atoms with Gasteiger partial charge in [-0.2, -0.15) is 0 Å². The minimum Gasteiger partial charge on any atom is -0.268 e. The molecule has 0 spiro atoms. The Bertz CT molecular complexity index is 1170. The summed E-state index contributed by atoms with van der Waals surface area (Å²) >= 11 is 1.53. The van der Waals surface area contributed by atoms with Crippen molar-refractivity contribution >= 4 is 22.7 Å². The van der Waals surface area contributed by atoms with Crippen LogP contribution in [0, 0.1) is 13.8 Å². The van der Waals surface area contributed by atoms with Gasteiger partial charge in [0, 0.05) is 11.9 Å². The molecule has 0 aliphatic rings. The highest BCUT2D eigenvalue weighted by Gasteiger charge is 2.15. The predicted molar refractivity (Wildman–Crippen MR) is 111 cm³/mol. The van der Waals surface area contributed by atoms with Gasteiger partial charge in [-0.3, -0.25) is 14.3 Å². The van der Waals surface area contributed by atoms with Crippen LogP contribution in [-0.2, 0) is 5.75 Å². The van der Waals surface area contributed by atoms with E-state index in [-0.39, 0.29) is 5.56 Å². The number of benzene rings is 2. The summed E-state index contributed by atoms with van der Waals surface area (Å²) in [6.07, 6.45) is 1.78. The molecule has 0 radical (unpaired) electrons. The van der Waals surface area contributed by atoms with Gasteiger partial charge in [0.05, 0.1) is 22.3 Å². The SMILES string of the molecule is Cc1ccc(C)c(-n2c(SCc3ccccn3)nc3ccccc3c2=O)c1. The first-order valence-corrected chi connectivity index (χ1v) is 9.74. The molecule has 4 nitrogen and oxygen atoms in total. The zero-order valence-corrected chi connectivity index (χ0v) is 16.0. The monoisotopic (exact) mass is 373 g/mol. The standard InChI is InChI=1S/C22H19N3OS/c1-15-10-11-16(2)20(13-15)25-21(26)18-8-3-4-9-19(18)24-22(25)27-14-17-7-5-6-12-23-17/h3-13H,14H2,1-2H3. The topological polar surface area (TPSA) is 47.8 Å². The van der Waals surface area contributed by atoms with Gasteiger partial charge < -0.3 is 0 Å². The molecule has 0 amide bonds. The molecule has 0 fully saturated rings. The second kappa shape index (κ2) is 7.37. The van der Waals surface area contributed by atoms with Crippen LogP contribution in [0.15, 0.2) is 76.8 Å². The molecule has 27 heavy (non-hydrogen) atoms. The molecule has 2 heterocycles. The van der Waals surface area contributed by atoms with Gasteiger partial charge in [-0.1, -0.05) is 42.1 Å². The van der Waals surface area contributed by atoms with Crippen LogP contribution in [0.25, 0.3) is 16.6 Å². The molecule has 5 heteroatoms. The summed E-state index contributed by atoms with van der Waals surface area (Å²) in [5, 5.41) is 1.30. The molecular weight excluding hydrogens is 354 g/mol. The quantitative estimate of drug-likeness (QED) is 0.385. The molecule has 0 aliphatic heterocycles. The third-order valence-corrected chi connectivity index (χ3v) is 5.40. The Morgan fingerprint density at radius 2 is 1.81 bits per heavy atom. The number of aryl methyl sites for hydroxylation is 2. The Morgan fingerprint density at radius 3 is 2.63 bits per heavy atom. The molecule has 0 saturated carbocycles. The lowest BCUT2D eigenvalue weighted by Gasteiger charge is -2.15. The predicted octanol–water partition coefficient (Wildman–Crippen LogP) is 4.69. The normalized spacial score (nSPS) is 11.0. The highest BCUT2D eigenvalue weighted by molar-refractivity contribution is 7.98. The highest BCUT2D eigenvalue weighted by Crippen LogP contribution is 2.25. The van der Waals surface area contributed by atoms with Gasteiger partial charge in [-0.25, -0.2) is 4.98 Å². The van der Waals surface area contributed by atoms with E-state index in [1.165, 1.54) is 11.8 Å². The number of hydrogen-bond donors (Lipinski definition) is 0. The minimum atomic E-state index is -0.0437. The molecule has 2 aromatic heterocycles. The highest BCUT2D eigenvalue weighted by atomic mass is 32.2. The summed E-state index contributed by atoms with van der Waals surface area (Å²) in [5.74, 6) is 0.649. The molecule has 2 aromatic carbocycles. The van der Waals surface area contributed by atoms with E-state index in [2.05, 4.69) is 11.1 Å². The zero-order chi connectivity index (χ0) is 18.8. The van der Waals surface area contributed by atoms with Crippen molar-refractivity contribution in [2.24, 2.45) is 0 Å². The first-order chi connectivity index (χ1) is 13.1. The lowest BCUT2D eigenvalue weighted by Crippen LogP contribution is -2.22. The van der Waals surface area contributed by atoms with E-state index < -0.39 is 0 Å². The molecular formula is C22H19N3OS. The summed E-state index contributed by atoms with van der Waals surface area (Å²) < 4.78 is 1.73. The van der Waals surface area contributed by atoms with Crippen molar-refractivity contribution in [2.75, 3.05) is 0 Å². The first-order valence-electron chi connectivity index (χ1n) is 8.75. The average molecular weight is 373 g/mol. The Morgan fingerprint density at radius 1 is 1.00 bits per heavy atom. The molecule has 0 bridgehead atoms. The van der Waals surface area contributed by atoms with E-state index in [1.807, 2.05) is 68.4 Å². The van der Waals surface area contributed by atoms with E-state index in [9.17, 15) is 4.79 Å². The average Bonchev–Trinajstić information content (AvgIpc) is 2.69. The number of para-hydroxylation sites is 1. The van der Waals surface area contributed by atoms with E-state index >= 15 is 0 Å². The van der Waals surface area contributed by atoms with Crippen LogP contribution >= 0.6 is 11.8 Å². The summed E-state index contributed by atoms with van der Waals surface area (Å²) in [7, 11) is 0. The van der Waals surface area contributed by atoms with Crippen LogP contribution < -0.4 is 5.56 Å². The molecule has 4 aromatic rings. The van der Waals surface area contributed by atoms with Crippen molar-refractivity contribution < 1.29 is 0 Å². The fourth-order valence-electron chi connectivity index (χ4n) is 3.00. The lowest BCUT2D eigenvalue weighted by atomic mass is 10.1. The summed E-state index contributed by atoms with van der Waals surface area (Å²) in [4.78, 5) is 22.5. The maximum atomic E-state index is 13.3. The molecule has 134 valence electrons. The number of aromatic nitrogens is 3. The van der Waals surface area contributed by atoms with Crippen LogP contribution in [0.3, 0.4) is 0 Å². The minimum absolute atomic E-state index is 0.0437. The van der Waals surface area contributed by atoms with E-state index in [0.29, 0.717) is 21.8 Å². The molecule has 0 aliphatic carbocycles. The van der Waals surface area contributed by atoms with Crippen molar-refractivity contribution in [3.63, 3.8) is 0 Å². The van der Waals surface area contributed by atoms with Crippen LogP contribution in [0.5, 0.6) is 0 Å². The second-order valence-corrected chi connectivity index (χ2v) is 7.39. The first kappa shape index (κ1) is 17.5. The van der Waals surface area contributed by atoms with Gasteiger partial charge in [0.1, 0.15) is 0 Å². The fourth-order valence-corrected chi connectivity index (χ4v) is 3.92. The maximum absolute atomic E-state index is 13.3. The van der Waals surface area contributed by atoms with Gasteiger partial charge in [-0.05, 0) is 55.3 Å². The van der Waals surface area contributed by atoms with E-state index in [4.69, 9.17) is 4.98 Å². The Hall–Kier alpha value is -2.92. The van der Waals surface area contributed by atoms with E-state index in [0.717, 1.165) is 22.5 Å². The largest absolute Gasteiger partial charge is 0.268 e. The van der Waals surface area contributed by atoms with Crippen molar-refractivity contribution in [2.45, 2.75) is 24.8 Å². The lowest BCUT2D eigenvalue weighted by molar-refractivity contribution is 0.813. The van der Waals surface area contributed by atoms with Crippen LogP contribution in [-0.4, -0.2) is 14.5 Å². The van der Waals surface area contributed by atoms with Crippen molar-refractivity contribution in [3.8, 4) is 5.69 Å². The van der Waals surface area contributed by atoms with Crippen LogP contribution in [0.2, 0.25) is 0 Å². The second-order valence-electron chi connectivity index (χ2n) is 6.45. The molecule has 0 atom stereocenters. The Kier molecular flexibility index (Phi) is 4.77. The number of nitrogens with zero attached hydrogens (tertiary/aromatic N) is 3. The third-order valence-electron chi connectivity index (χ3n) is 4.43. The molecule has 0 unspecified atom stereocenters. The zero-order valence-electron chi connectivity index (χ0n) is 15.2. The van der Waals surface area contributed by atoms with Crippen molar-refractivity contribution in [1.82, 2.24) is 14.5 Å². The van der Waals surface area contributed by atoms with Crippen LogP contribution in [0.4, 0.5) is 0 Å². The number of hydrogen-bond acceptors (Lipinski definition) is 4. The van der Waals surface area contributed by atoms with Gasteiger partial charge in [-0.15, -0.1) is 0 Å². The smallest absolute Gasteiger partial charge is 0.266 e. The van der Waals surface area contributed by atoms with Crippen molar-refractivity contribution in [3.05, 3.63) is 94.0 Å². The Labute approximate surface area is 161 Å². The summed E-state index contributed by atoms with van der Waals surface area (Å²) in [5.41, 5.74) is 4.65. The van der Waals surface area contributed by atoms with Gasteiger partial charge in [0.2, 0.25) is 0 Å². The van der Waals surface area contributed by atoms with Gasteiger partial charge in [0.25, 0.3) is 5.56 Å². The number of pyridine rings is 1. The van der Waals surface area contributed by atoms with Gasteiger partial charge >= 0.3 is 0 Å². The van der Waals surface area contributed by atoms with Crippen molar-refractivity contribution in [1.29, 1.82) is 0 Å². The van der Waals surface area contributed by atoms with E-state index in [1.54, 1.807) is 10.8 Å². The number of fused-ring (bicyclic) bond motifs is 1.